The van der Waals surface area contributed by atoms with Crippen LogP contribution in [0.4, 0.5) is 0 Å². The Bertz CT molecular complexity index is 4520. The summed E-state index contributed by atoms with van der Waals surface area (Å²) in [6.45, 7) is 4.14. The van der Waals surface area contributed by atoms with E-state index in [9.17, 15) is 35.4 Å². The first-order valence-electron chi connectivity index (χ1n) is 46.7. The van der Waals surface area contributed by atoms with E-state index in [2.05, 4.69) is 137 Å². The van der Waals surface area contributed by atoms with Crippen molar-refractivity contribution in [3.63, 3.8) is 0 Å². The van der Waals surface area contributed by atoms with Crippen molar-refractivity contribution >= 4 is 140 Å². The summed E-state index contributed by atoms with van der Waals surface area (Å²) in [6.07, 6.45) is 43.2. The SMILES string of the molecule is CCCC/C=C\C[C@H]1C(O)CC(OP)[C@@H]1/C=C/C(COc1cccc(Cl)c1)OP.O=C1C[C@H]2C(CC(OP)[C@@H]2/C=C/C(COc2cccc(Cl)c2)OP)O1.OC1C[C@H]2C(CC(OP)[C@@H]2/C=C/C(COc2cccc(Cl)c2)OP)O1.OCCCC/C=C\C[C@H]1C(O)CC(O)[C@@H]1/C=C/C(O)COc1cccc(Cl)c1.OCCCC/C=C\C[C@H]1C(O)CC(OP)[C@@H]1/C=C/C(COc1cccc(Cl)c1)OP.[3HH].[3HH].[3HH].[3HH].[3HH].[3HH].[3HH].[3HH]. The van der Waals surface area contributed by atoms with Crippen LogP contribution in [0.3, 0.4) is 0 Å². The Morgan fingerprint density at radius 3 is 1.07 bits per heavy atom. The third kappa shape index (κ3) is 42.2. The van der Waals surface area contributed by atoms with Crippen LogP contribution in [0.2, 0.25) is 25.1 Å². The Morgan fingerprint density at radius 1 is 0.387 bits per heavy atom. The minimum Gasteiger partial charge on any atom is -0.491 e. The molecule has 2 aliphatic heterocycles. The molecule has 24 unspecified atom stereocenters. The van der Waals surface area contributed by atoms with Gasteiger partial charge in [0.15, 0.2) is 6.29 Å². The summed E-state index contributed by atoms with van der Waals surface area (Å²) in [5.41, 5.74) is 0. The maximum absolute atomic E-state index is 11.5. The summed E-state index contributed by atoms with van der Waals surface area (Å²) in [7, 11) is 18.4. The minimum absolute atomic E-state index is 0. The second-order valence-electron chi connectivity index (χ2n) is 34.7. The van der Waals surface area contributed by atoms with Crippen molar-refractivity contribution in [2.75, 3.05) is 46.2 Å². The van der Waals surface area contributed by atoms with Crippen molar-refractivity contribution in [3.8, 4) is 28.7 Å². The molecule has 5 aromatic rings. The number of hydrogen-bond donors (Lipinski definition) is 8. The van der Waals surface area contributed by atoms with Crippen LogP contribution in [-0.2, 0) is 50.5 Å². The Balaban J connectivity index is 0.00000177. The van der Waals surface area contributed by atoms with Gasteiger partial charge in [0.05, 0.1) is 61.4 Å². The van der Waals surface area contributed by atoms with Gasteiger partial charge in [0.1, 0.15) is 98.4 Å². The van der Waals surface area contributed by atoms with Crippen LogP contribution >= 0.6 is 134 Å². The lowest BCUT2D eigenvalue weighted by Crippen LogP contribution is -2.22. The summed E-state index contributed by atoms with van der Waals surface area (Å²) >= 11 is 29.8. The number of fused-ring (bicyclic) bond motifs is 2. The molecule has 137 heavy (non-hydrogen) atoms. The Kier molecular flexibility index (Phi) is 58.6. The van der Waals surface area contributed by atoms with Crippen LogP contribution in [0.15, 0.2) is 219 Å². The number of rotatable bonds is 50. The molecule has 5 aromatic carbocycles. The first-order chi connectivity index (χ1) is 66.4. The van der Waals surface area contributed by atoms with Crippen molar-refractivity contribution in [2.24, 2.45) is 59.2 Å². The summed E-state index contributed by atoms with van der Waals surface area (Å²) in [5, 5.41) is 82.2. The quantitative estimate of drug-likeness (QED) is 0.00776. The topological polar surface area (TPSA) is 317 Å². The van der Waals surface area contributed by atoms with E-state index in [0.717, 1.165) is 70.6 Å². The smallest absolute Gasteiger partial charge is 0.306 e. The van der Waals surface area contributed by atoms with E-state index >= 15 is 0 Å². The van der Waals surface area contributed by atoms with Crippen molar-refractivity contribution in [3.05, 3.63) is 244 Å². The highest BCUT2D eigenvalue weighted by Gasteiger charge is 2.51. The molecule has 12 rings (SSSR count). The van der Waals surface area contributed by atoms with E-state index in [0.29, 0.717) is 119 Å². The van der Waals surface area contributed by atoms with E-state index in [4.69, 9.17) is 138 Å². The number of carbonyl (C=O) groups excluding carboxylic acids is 1. The monoisotopic (exact) mass is 2180 g/mol. The summed E-state index contributed by atoms with van der Waals surface area (Å²) in [5.74, 6) is 4.07. The molecule has 2 heterocycles. The number of unbranched alkanes of at least 4 members (excludes halogenated alkanes) is 6. The van der Waals surface area contributed by atoms with Crippen molar-refractivity contribution in [1.29, 1.82) is 0 Å². The molecule has 0 aromatic heterocycles. The number of aliphatic hydroxyl groups excluding tert-OH is 8. The van der Waals surface area contributed by atoms with Crippen LogP contribution in [0, 0.1) is 59.2 Å². The largest absolute Gasteiger partial charge is 0.491 e. The molecule has 7 aliphatic rings. The first-order valence-corrected chi connectivity index (χ1v) is 52.3. The van der Waals surface area contributed by atoms with Crippen LogP contribution in [-0.4, -0.2) is 191 Å². The number of aliphatic hydroxyl groups is 8. The number of benzene rings is 5. The zero-order valence-corrected chi connectivity index (χ0v) is 90.3. The first kappa shape index (κ1) is 119. The molecule has 2 saturated heterocycles. The Labute approximate surface area is 865 Å². The summed E-state index contributed by atoms with van der Waals surface area (Å²) in [6, 6.07) is 36.0. The van der Waals surface area contributed by atoms with E-state index in [1.165, 1.54) is 12.8 Å². The van der Waals surface area contributed by atoms with Gasteiger partial charge in [-0.25, -0.2) is 0 Å². The molecule has 0 radical (unpaired) electrons. The van der Waals surface area contributed by atoms with Gasteiger partial charge in [-0.2, -0.15) is 0 Å². The predicted molar refractivity (Wildman–Crippen MR) is 585 cm³/mol. The molecule has 0 bridgehead atoms. The average Bonchev–Trinajstić information content (AvgIpc) is 1.64. The van der Waals surface area contributed by atoms with E-state index in [1.54, 1.807) is 78.9 Å². The van der Waals surface area contributed by atoms with Gasteiger partial charge in [-0.05, 0) is 179 Å². The molecular weight excluding hydrogens is 2010 g/mol. The molecule has 8 N–H and O–H groups in total. The van der Waals surface area contributed by atoms with Gasteiger partial charge in [-0.1, -0.05) is 205 Å². The number of esters is 1. The minimum atomic E-state index is -0.821. The number of halogens is 5. The van der Waals surface area contributed by atoms with Crippen LogP contribution in [0.5, 0.6) is 28.7 Å². The van der Waals surface area contributed by atoms with Crippen molar-refractivity contribution in [2.45, 2.75) is 227 Å². The number of hydrogen-bond acceptors (Lipinski definition) is 24. The fourth-order valence-electron chi connectivity index (χ4n) is 17.9. The zero-order chi connectivity index (χ0) is 98.8. The Hall–Kier alpha value is -3.30. The van der Waals surface area contributed by atoms with Crippen molar-refractivity contribution in [1.82, 2.24) is 0 Å². The van der Waals surface area contributed by atoms with Gasteiger partial charge >= 0.3 is 5.97 Å². The number of allylic oxidation sites excluding steroid dienone is 6. The van der Waals surface area contributed by atoms with Crippen molar-refractivity contribution < 1.29 is 126 Å². The maximum atomic E-state index is 11.5. The zero-order valence-electron chi connectivity index (χ0n) is 77.3. The highest BCUT2D eigenvalue weighted by atomic mass is 35.5. The lowest BCUT2D eigenvalue weighted by molar-refractivity contribution is -0.141. The fraction of sp³-hybridized carbons (Fsp3) is 0.530. The van der Waals surface area contributed by atoms with Crippen LogP contribution in [0.25, 0.3) is 0 Å². The highest BCUT2D eigenvalue weighted by Crippen LogP contribution is 2.48. The summed E-state index contributed by atoms with van der Waals surface area (Å²) in [4.78, 5) is 11.5. The Morgan fingerprint density at radius 2 is 0.715 bits per heavy atom. The molecule has 5 saturated carbocycles. The predicted octanol–water partition coefficient (Wildman–Crippen LogP) is 22.5. The highest BCUT2D eigenvalue weighted by molar-refractivity contribution is 7.11. The fourth-order valence-corrected chi connectivity index (χ4v) is 20.6. The molecule has 776 valence electrons. The van der Waals surface area contributed by atoms with Gasteiger partial charge in [0.25, 0.3) is 0 Å². The second-order valence-corrected chi connectivity index (χ2v) is 39.0. The lowest BCUT2D eigenvalue weighted by atomic mass is 9.89. The van der Waals surface area contributed by atoms with Gasteiger partial charge in [0.2, 0.25) is 0 Å². The van der Waals surface area contributed by atoms with Gasteiger partial charge in [0, 0.05) is 200 Å². The third-order valence-corrected chi connectivity index (χ3v) is 29.1. The van der Waals surface area contributed by atoms with Crippen LogP contribution in [0.1, 0.15) is 140 Å². The van der Waals surface area contributed by atoms with E-state index < -0.39 is 30.7 Å². The number of carbonyl (C=O) groups is 1. The van der Waals surface area contributed by atoms with E-state index in [-0.39, 0.29) is 164 Å². The van der Waals surface area contributed by atoms with Gasteiger partial charge in [-0.15, -0.1) is 0 Å². The average molecular weight is 2180 g/mol. The molecule has 7 fully saturated rings. The lowest BCUT2D eigenvalue weighted by Gasteiger charge is -2.21. The summed E-state index contributed by atoms with van der Waals surface area (Å²) < 4.78 is 83.3. The standard InChI is InChI=1S/C22H33ClO5P2.C22H31ClO5.C22H33ClO4P2.C17H23ClO5P2.C17H21ClO5P2.8H2/c23-16-7-6-8-17(13-16)26-15-18(27-29)10-11-20-19(21(25)14-22(20)28-30)9-4-2-1-3-5-12-24;23-16-7-6-8-18(13-16)28-15-17(25)10-11-20-19(21(26)14-22(20)27)9-4-2-1-3-5-12-24;1-2-3-4-5-6-10-19-20(22(27-29)14-21(19)24)12-11-18(26-28)15-25-17-9-7-8-16(23)13-17;2*18-10-2-1-3-11(6-10)20-9-12(22-24)4-5-13-14-7-17(19)21-15(14)8-16(13)23-25;;;;;;;;/h2,4,6-8,10-11,13,18-22,24-25H,1,3,5,9,12,14-15,29-30H2;2,4,6-8,10-11,13,17,19-22,24-27H,1,3,5,9,12,14-15H2;5-9,11-13,18-22,24H,2-4,10,14-15,28-29H2,1H3;1-6,12-17,19H,7-9,24-25H2;1-6,12-16H,7-9,24-25H2;8*1H/b2*4-2-,11-10+;6-5-,12-11+;2*5-4+;;;;;;;;/t18?,19-,20-,21?,22?;17?,19-,20-,21?,22?;18?,19-,20-,21?,22?;12?,13-,14-,15?,16?,17?;12?,13-,14-,15?,16?;;;;;;;;/m11111......../s1/i;;;;;8*1+2. The molecule has 5 aliphatic carbocycles. The second kappa shape index (κ2) is 67.5. The van der Waals surface area contributed by atoms with Crippen LogP contribution < -0.4 is 23.7 Å². The molecule has 0 amide bonds. The molecule has 0 spiro atoms. The van der Waals surface area contributed by atoms with Gasteiger partial charge < -0.3 is 110 Å². The van der Waals surface area contributed by atoms with Gasteiger partial charge in [-0.3, -0.25) is 4.79 Å². The van der Waals surface area contributed by atoms with E-state index in [1.807, 2.05) is 85.0 Å². The number of ether oxygens (including phenoxy) is 7. The maximum Gasteiger partial charge on any atom is 0.306 e. The normalized spacial score (nSPS) is 27.8. The molecule has 34 atom stereocenters. The molecule has 24 nitrogen and oxygen atoms in total. The molecule has 37 heteroatoms. The molecular formula is C100H157Cl5O24P8. The third-order valence-electron chi connectivity index (χ3n) is 25.1.